The standard InChI is InChI=1S/C26H39N5O4/c1-7-25(5,6)19-11-9-17(30-19)21-23-22(32-12-26(13-33-23,14-34-27)15-35-28)20(31-21)16-8-10-18(29-16)24(2,3)4/h8-11,29-31H,7,12-15,27-28H2,1-6H3. The minimum absolute atomic E-state index is 0.0197. The van der Waals surface area contributed by atoms with Crippen LogP contribution in [0.15, 0.2) is 24.3 Å². The van der Waals surface area contributed by atoms with Crippen LogP contribution in [-0.4, -0.2) is 41.4 Å². The lowest BCUT2D eigenvalue weighted by molar-refractivity contribution is -0.0614. The fourth-order valence-corrected chi connectivity index (χ4v) is 4.28. The molecule has 192 valence electrons. The number of hydrogen-bond acceptors (Lipinski definition) is 6. The molecule has 0 unspecified atom stereocenters. The number of rotatable bonds is 8. The average Bonchev–Trinajstić information content (AvgIpc) is 3.52. The summed E-state index contributed by atoms with van der Waals surface area (Å²) < 4.78 is 12.8. The van der Waals surface area contributed by atoms with E-state index in [1.807, 2.05) is 0 Å². The molecule has 7 N–H and O–H groups in total. The highest BCUT2D eigenvalue weighted by atomic mass is 16.6. The molecule has 0 bridgehead atoms. The van der Waals surface area contributed by atoms with Gasteiger partial charge in [0.25, 0.3) is 0 Å². The summed E-state index contributed by atoms with van der Waals surface area (Å²) in [5, 5.41) is 0. The fourth-order valence-electron chi connectivity index (χ4n) is 4.28. The molecule has 9 nitrogen and oxygen atoms in total. The lowest BCUT2D eigenvalue weighted by atomic mass is 9.87. The zero-order valence-electron chi connectivity index (χ0n) is 21.6. The highest BCUT2D eigenvalue weighted by Crippen LogP contribution is 2.48. The maximum absolute atomic E-state index is 6.39. The molecule has 9 heteroatoms. The van der Waals surface area contributed by atoms with E-state index in [1.54, 1.807) is 0 Å². The molecule has 0 amide bonds. The first-order chi connectivity index (χ1) is 16.5. The van der Waals surface area contributed by atoms with Crippen LogP contribution in [0.3, 0.4) is 0 Å². The van der Waals surface area contributed by atoms with Crippen molar-refractivity contribution in [2.75, 3.05) is 26.4 Å². The molecular formula is C26H39N5O4. The van der Waals surface area contributed by atoms with Crippen molar-refractivity contribution in [2.45, 2.75) is 58.8 Å². The highest BCUT2D eigenvalue weighted by molar-refractivity contribution is 5.80. The van der Waals surface area contributed by atoms with E-state index in [2.05, 4.69) is 80.8 Å². The van der Waals surface area contributed by atoms with E-state index in [4.69, 9.17) is 30.9 Å². The maximum Gasteiger partial charge on any atom is 0.189 e. The number of aromatic amines is 3. The van der Waals surface area contributed by atoms with E-state index < -0.39 is 5.41 Å². The van der Waals surface area contributed by atoms with Gasteiger partial charge in [-0.15, -0.1) is 0 Å². The van der Waals surface area contributed by atoms with Crippen molar-refractivity contribution < 1.29 is 19.1 Å². The number of H-pyrrole nitrogens is 3. The van der Waals surface area contributed by atoms with E-state index in [1.165, 1.54) is 0 Å². The first kappa shape index (κ1) is 25.4. The van der Waals surface area contributed by atoms with Gasteiger partial charge in [-0.1, -0.05) is 41.5 Å². The first-order valence-electron chi connectivity index (χ1n) is 12.1. The van der Waals surface area contributed by atoms with Gasteiger partial charge in [-0.25, -0.2) is 11.8 Å². The molecule has 0 aliphatic carbocycles. The molecule has 4 rings (SSSR count). The van der Waals surface area contributed by atoms with Crippen LogP contribution in [0.1, 0.15) is 59.4 Å². The van der Waals surface area contributed by atoms with Crippen molar-refractivity contribution in [3.8, 4) is 34.3 Å². The minimum Gasteiger partial charge on any atom is -0.487 e. The molecule has 0 saturated carbocycles. The summed E-state index contributed by atoms with van der Waals surface area (Å²) in [6.07, 6.45) is 1.01. The van der Waals surface area contributed by atoms with Crippen LogP contribution in [0.2, 0.25) is 0 Å². The summed E-state index contributed by atoms with van der Waals surface area (Å²) in [7, 11) is 0. The molecule has 4 heterocycles. The van der Waals surface area contributed by atoms with Crippen LogP contribution in [0.4, 0.5) is 0 Å². The lowest BCUT2D eigenvalue weighted by Crippen LogP contribution is -2.44. The zero-order valence-corrected chi connectivity index (χ0v) is 21.6. The summed E-state index contributed by atoms with van der Waals surface area (Å²) in [4.78, 5) is 20.7. The van der Waals surface area contributed by atoms with Crippen LogP contribution in [0.5, 0.6) is 11.5 Å². The average molecular weight is 486 g/mol. The Morgan fingerprint density at radius 3 is 1.71 bits per heavy atom. The van der Waals surface area contributed by atoms with Crippen molar-refractivity contribution in [3.05, 3.63) is 35.7 Å². The number of aromatic nitrogens is 3. The predicted octanol–water partition coefficient (Wildman–Crippen LogP) is 4.53. The number of ether oxygens (including phenoxy) is 2. The van der Waals surface area contributed by atoms with Gasteiger partial charge in [-0.2, -0.15) is 0 Å². The Morgan fingerprint density at radius 1 is 0.800 bits per heavy atom. The van der Waals surface area contributed by atoms with E-state index in [0.717, 1.165) is 40.6 Å². The Kier molecular flexibility index (Phi) is 6.80. The van der Waals surface area contributed by atoms with Crippen molar-refractivity contribution in [1.29, 1.82) is 0 Å². The van der Waals surface area contributed by atoms with Crippen molar-refractivity contribution >= 4 is 0 Å². The lowest BCUT2D eigenvalue weighted by Gasteiger charge is -2.28. The molecule has 0 saturated heterocycles. The molecule has 0 radical (unpaired) electrons. The molecule has 3 aromatic heterocycles. The Labute approximate surface area is 206 Å². The second-order valence-electron chi connectivity index (χ2n) is 11.3. The summed E-state index contributed by atoms with van der Waals surface area (Å²) in [6.45, 7) is 14.1. The van der Waals surface area contributed by atoms with Gasteiger partial charge in [-0.3, -0.25) is 0 Å². The van der Waals surface area contributed by atoms with E-state index >= 15 is 0 Å². The van der Waals surface area contributed by atoms with Crippen molar-refractivity contribution in [3.63, 3.8) is 0 Å². The van der Waals surface area contributed by atoms with Crippen LogP contribution in [-0.2, 0) is 20.5 Å². The second kappa shape index (κ2) is 9.39. The number of hydrogen-bond donors (Lipinski definition) is 5. The van der Waals surface area contributed by atoms with Gasteiger partial charge in [0.05, 0.1) is 30.0 Å². The van der Waals surface area contributed by atoms with Gasteiger partial charge in [0, 0.05) is 22.2 Å². The number of nitrogens with one attached hydrogen (secondary N) is 3. The summed E-state index contributed by atoms with van der Waals surface area (Å²) in [6, 6.07) is 8.37. The Balaban J connectivity index is 1.81. The Morgan fingerprint density at radius 2 is 1.29 bits per heavy atom. The van der Waals surface area contributed by atoms with Crippen LogP contribution in [0, 0.1) is 5.41 Å². The normalized spacial score (nSPS) is 15.9. The molecule has 0 fully saturated rings. The number of nitrogens with two attached hydrogens (primary N) is 2. The third-order valence-electron chi connectivity index (χ3n) is 7.07. The van der Waals surface area contributed by atoms with Crippen LogP contribution < -0.4 is 21.3 Å². The van der Waals surface area contributed by atoms with Gasteiger partial charge in [0.2, 0.25) is 0 Å². The van der Waals surface area contributed by atoms with Gasteiger partial charge < -0.3 is 34.1 Å². The molecule has 1 aliphatic rings. The molecule has 0 spiro atoms. The van der Waals surface area contributed by atoms with Gasteiger partial charge in [0.1, 0.15) is 24.6 Å². The Bertz CT molecular complexity index is 1150. The largest absolute Gasteiger partial charge is 0.487 e. The molecule has 1 aliphatic heterocycles. The highest BCUT2D eigenvalue weighted by Gasteiger charge is 2.39. The zero-order chi connectivity index (χ0) is 25.4. The van der Waals surface area contributed by atoms with Gasteiger partial charge in [-0.05, 0) is 30.7 Å². The van der Waals surface area contributed by atoms with E-state index in [-0.39, 0.29) is 37.3 Å². The number of fused-ring (bicyclic) bond motifs is 1. The monoisotopic (exact) mass is 485 g/mol. The van der Waals surface area contributed by atoms with Crippen LogP contribution in [0.25, 0.3) is 22.8 Å². The summed E-state index contributed by atoms with van der Waals surface area (Å²) in [5.41, 5.74) is 5.11. The molecule has 3 aromatic rings. The third-order valence-corrected chi connectivity index (χ3v) is 7.07. The van der Waals surface area contributed by atoms with Crippen LogP contribution >= 0.6 is 0 Å². The quantitative estimate of drug-likeness (QED) is 0.297. The van der Waals surface area contributed by atoms with Gasteiger partial charge >= 0.3 is 0 Å². The molecule has 0 aromatic carbocycles. The van der Waals surface area contributed by atoms with Crippen molar-refractivity contribution in [2.24, 2.45) is 17.2 Å². The van der Waals surface area contributed by atoms with Crippen molar-refractivity contribution in [1.82, 2.24) is 15.0 Å². The van der Waals surface area contributed by atoms with E-state index in [9.17, 15) is 0 Å². The minimum atomic E-state index is -0.651. The smallest absolute Gasteiger partial charge is 0.189 e. The molecular weight excluding hydrogens is 446 g/mol. The summed E-state index contributed by atoms with van der Waals surface area (Å²) in [5.74, 6) is 12.1. The predicted molar refractivity (Wildman–Crippen MR) is 136 cm³/mol. The maximum atomic E-state index is 6.39. The third kappa shape index (κ3) is 4.86. The summed E-state index contributed by atoms with van der Waals surface area (Å²) >= 11 is 0. The Hall–Kier alpha value is -2.72. The first-order valence-corrected chi connectivity index (χ1v) is 12.1. The fraction of sp³-hybridized carbons (Fsp3) is 0.538. The van der Waals surface area contributed by atoms with Gasteiger partial charge in [0.15, 0.2) is 11.5 Å². The topological polar surface area (TPSA) is 136 Å². The van der Waals surface area contributed by atoms with E-state index in [0.29, 0.717) is 11.5 Å². The molecule has 0 atom stereocenters. The SMILES string of the molecule is CCC(C)(C)c1ccc(-c2[nH]c(-c3ccc(C(C)(C)C)[nH]3)c3c2OCC(CON)(CON)CO3)[nH]1. The molecule has 35 heavy (non-hydrogen) atoms. The second-order valence-corrected chi connectivity index (χ2v) is 11.3.